The zero-order chi connectivity index (χ0) is 17.5. The van der Waals surface area contributed by atoms with Crippen molar-refractivity contribution in [1.29, 1.82) is 0 Å². The number of anilines is 1. The third-order valence-electron chi connectivity index (χ3n) is 4.81. The smallest absolute Gasteiger partial charge is 0.414 e. The number of hydrogen-bond acceptors (Lipinski definition) is 4. The Hall–Kier alpha value is -2.30. The maximum absolute atomic E-state index is 12.4. The van der Waals surface area contributed by atoms with Crippen LogP contribution in [0.3, 0.4) is 0 Å². The predicted octanol–water partition coefficient (Wildman–Crippen LogP) is 3.79. The lowest BCUT2D eigenvalue weighted by Crippen LogP contribution is -2.23. The number of carbonyl (C=O) groups is 2. The van der Waals surface area contributed by atoms with Crippen LogP contribution in [0.5, 0.6) is 5.75 Å². The normalized spacial score (nSPS) is 24.3. The van der Waals surface area contributed by atoms with Crippen LogP contribution in [0, 0.1) is 17.3 Å². The molecule has 3 rings (SSSR count). The fraction of sp³-hybridized carbons (Fsp3) is 0.474. The number of rotatable bonds is 4. The van der Waals surface area contributed by atoms with E-state index in [0.29, 0.717) is 18.9 Å². The quantitative estimate of drug-likeness (QED) is 0.479. The summed E-state index contributed by atoms with van der Waals surface area (Å²) in [6, 6.07) is 6.95. The minimum atomic E-state index is -0.343. The van der Waals surface area contributed by atoms with Crippen LogP contribution in [-0.4, -0.2) is 25.2 Å². The Kier molecular flexibility index (Phi) is 4.11. The zero-order valence-electron chi connectivity index (χ0n) is 14.5. The molecule has 128 valence electrons. The average molecular weight is 329 g/mol. The van der Waals surface area contributed by atoms with E-state index in [0.717, 1.165) is 5.69 Å². The van der Waals surface area contributed by atoms with Gasteiger partial charge in [-0.1, -0.05) is 25.5 Å². The first-order valence-corrected chi connectivity index (χ1v) is 8.22. The van der Waals surface area contributed by atoms with Gasteiger partial charge in [-0.3, -0.25) is 9.69 Å². The molecule has 1 saturated heterocycles. The topological polar surface area (TPSA) is 55.8 Å². The number of nitrogens with zero attached hydrogens (tertiary/aromatic N) is 1. The molecule has 1 heterocycles. The van der Waals surface area contributed by atoms with Crippen molar-refractivity contribution in [3.05, 3.63) is 35.9 Å². The van der Waals surface area contributed by atoms with Gasteiger partial charge in [0.05, 0.1) is 12.5 Å². The summed E-state index contributed by atoms with van der Waals surface area (Å²) in [5.74, 6) is 0.417. The Morgan fingerprint density at radius 3 is 2.50 bits per heavy atom. The lowest BCUT2D eigenvalue weighted by Gasteiger charge is -2.13. The van der Waals surface area contributed by atoms with Gasteiger partial charge in [0.15, 0.2) is 0 Å². The van der Waals surface area contributed by atoms with E-state index in [2.05, 4.69) is 19.9 Å². The molecule has 1 amide bonds. The van der Waals surface area contributed by atoms with Gasteiger partial charge in [-0.05, 0) is 49.4 Å². The molecule has 1 aromatic rings. The SMILES string of the molecule is CC(C)=C[C@@H]1[C@H](C(=O)Oc2ccc(N3CCOC3=O)cc2)C1(C)C. The Balaban J connectivity index is 1.65. The van der Waals surface area contributed by atoms with Crippen molar-refractivity contribution in [2.45, 2.75) is 27.7 Å². The van der Waals surface area contributed by atoms with E-state index in [1.165, 1.54) is 5.57 Å². The number of carbonyl (C=O) groups excluding carboxylic acids is 2. The molecule has 5 heteroatoms. The van der Waals surface area contributed by atoms with Crippen LogP contribution in [0.1, 0.15) is 27.7 Å². The van der Waals surface area contributed by atoms with E-state index in [-0.39, 0.29) is 29.3 Å². The lowest BCUT2D eigenvalue weighted by atomic mass is 10.1. The molecule has 24 heavy (non-hydrogen) atoms. The summed E-state index contributed by atoms with van der Waals surface area (Å²) in [6.07, 6.45) is 1.80. The highest BCUT2D eigenvalue weighted by Gasteiger charge is 2.61. The van der Waals surface area contributed by atoms with Gasteiger partial charge in [-0.2, -0.15) is 0 Å². The number of hydrogen-bond donors (Lipinski definition) is 0. The largest absolute Gasteiger partial charge is 0.447 e. The first kappa shape index (κ1) is 16.6. The highest BCUT2D eigenvalue weighted by atomic mass is 16.6. The summed E-state index contributed by atoms with van der Waals surface area (Å²) >= 11 is 0. The summed E-state index contributed by atoms with van der Waals surface area (Å²) < 4.78 is 10.4. The minimum Gasteiger partial charge on any atom is -0.447 e. The maximum atomic E-state index is 12.4. The van der Waals surface area contributed by atoms with Gasteiger partial charge < -0.3 is 9.47 Å². The van der Waals surface area contributed by atoms with Crippen molar-refractivity contribution in [1.82, 2.24) is 0 Å². The molecule has 0 aromatic heterocycles. The molecular formula is C19H23NO4. The van der Waals surface area contributed by atoms with E-state index in [1.54, 1.807) is 29.2 Å². The Labute approximate surface area is 142 Å². The number of amides is 1. The highest BCUT2D eigenvalue weighted by molar-refractivity contribution is 5.89. The van der Waals surface area contributed by atoms with Gasteiger partial charge in [0.1, 0.15) is 12.4 Å². The molecule has 2 aliphatic rings. The molecule has 0 N–H and O–H groups in total. The Bertz CT molecular complexity index is 686. The van der Waals surface area contributed by atoms with E-state index in [4.69, 9.17) is 9.47 Å². The third kappa shape index (κ3) is 3.03. The molecule has 0 radical (unpaired) electrons. The summed E-state index contributed by atoms with van der Waals surface area (Å²) in [7, 11) is 0. The fourth-order valence-electron chi connectivity index (χ4n) is 3.30. The molecule has 5 nitrogen and oxygen atoms in total. The summed E-state index contributed by atoms with van der Waals surface area (Å²) in [6.45, 7) is 9.20. The van der Waals surface area contributed by atoms with Crippen molar-refractivity contribution in [3.63, 3.8) is 0 Å². The summed E-state index contributed by atoms with van der Waals surface area (Å²) in [5.41, 5.74) is 1.89. The molecule has 0 spiro atoms. The molecular weight excluding hydrogens is 306 g/mol. The van der Waals surface area contributed by atoms with E-state index in [9.17, 15) is 9.59 Å². The number of cyclic esters (lactones) is 1. The first-order valence-electron chi connectivity index (χ1n) is 8.22. The van der Waals surface area contributed by atoms with Crippen LogP contribution < -0.4 is 9.64 Å². The Morgan fingerprint density at radius 1 is 1.29 bits per heavy atom. The first-order chi connectivity index (χ1) is 11.3. The monoisotopic (exact) mass is 329 g/mol. The van der Waals surface area contributed by atoms with Gasteiger partial charge >= 0.3 is 12.1 Å². The lowest BCUT2D eigenvalue weighted by molar-refractivity contribution is -0.136. The van der Waals surface area contributed by atoms with Crippen LogP contribution in [0.25, 0.3) is 0 Å². The van der Waals surface area contributed by atoms with Crippen LogP contribution in [-0.2, 0) is 9.53 Å². The minimum absolute atomic E-state index is 0.0619. The van der Waals surface area contributed by atoms with Crippen LogP contribution >= 0.6 is 0 Å². The number of esters is 1. The average Bonchev–Trinajstić information content (AvgIpc) is 2.82. The van der Waals surface area contributed by atoms with E-state index >= 15 is 0 Å². The number of benzene rings is 1. The fourth-order valence-corrected chi connectivity index (χ4v) is 3.30. The second kappa shape index (κ2) is 5.96. The molecule has 2 atom stereocenters. The number of allylic oxidation sites excluding steroid dienone is 2. The molecule has 1 saturated carbocycles. The van der Waals surface area contributed by atoms with E-state index < -0.39 is 0 Å². The predicted molar refractivity (Wildman–Crippen MR) is 91.0 cm³/mol. The Morgan fingerprint density at radius 2 is 1.96 bits per heavy atom. The van der Waals surface area contributed by atoms with Gasteiger partial charge in [0.25, 0.3) is 0 Å². The van der Waals surface area contributed by atoms with Gasteiger partial charge in [-0.25, -0.2) is 4.79 Å². The molecule has 1 aliphatic carbocycles. The highest BCUT2D eigenvalue weighted by Crippen LogP contribution is 2.59. The molecule has 1 aliphatic heterocycles. The van der Waals surface area contributed by atoms with Gasteiger partial charge in [0.2, 0.25) is 0 Å². The van der Waals surface area contributed by atoms with Gasteiger partial charge in [0, 0.05) is 5.69 Å². The second-order valence-electron chi connectivity index (χ2n) is 7.25. The van der Waals surface area contributed by atoms with Crippen LogP contribution in [0.15, 0.2) is 35.9 Å². The molecule has 2 fully saturated rings. The van der Waals surface area contributed by atoms with Crippen LogP contribution in [0.2, 0.25) is 0 Å². The van der Waals surface area contributed by atoms with Crippen molar-refractivity contribution in [2.24, 2.45) is 17.3 Å². The second-order valence-corrected chi connectivity index (χ2v) is 7.25. The summed E-state index contributed by atoms with van der Waals surface area (Å²) in [4.78, 5) is 25.5. The molecule has 0 unspecified atom stereocenters. The van der Waals surface area contributed by atoms with Crippen LogP contribution in [0.4, 0.5) is 10.5 Å². The van der Waals surface area contributed by atoms with E-state index in [1.807, 2.05) is 13.8 Å². The molecule has 0 bridgehead atoms. The van der Waals surface area contributed by atoms with Crippen molar-refractivity contribution < 1.29 is 19.1 Å². The summed E-state index contributed by atoms with van der Waals surface area (Å²) in [5, 5.41) is 0. The van der Waals surface area contributed by atoms with Crippen molar-refractivity contribution in [2.75, 3.05) is 18.1 Å². The zero-order valence-corrected chi connectivity index (χ0v) is 14.5. The van der Waals surface area contributed by atoms with Crippen molar-refractivity contribution in [3.8, 4) is 5.75 Å². The van der Waals surface area contributed by atoms with Gasteiger partial charge in [-0.15, -0.1) is 0 Å². The molecule has 1 aromatic carbocycles. The third-order valence-corrected chi connectivity index (χ3v) is 4.81. The van der Waals surface area contributed by atoms with Crippen molar-refractivity contribution >= 4 is 17.7 Å². The maximum Gasteiger partial charge on any atom is 0.414 e. The standard InChI is InChI=1S/C19H23NO4/c1-12(2)11-15-16(19(15,3)4)17(21)24-14-7-5-13(6-8-14)20-9-10-23-18(20)22/h5-8,11,15-16H,9-10H2,1-4H3/t15-,16-/m1/s1. The number of ether oxygens (including phenoxy) is 2.